The van der Waals surface area contributed by atoms with E-state index >= 15 is 0 Å². The average Bonchev–Trinajstić information content (AvgIpc) is 2.68. The summed E-state index contributed by atoms with van der Waals surface area (Å²) in [7, 11) is 0. The lowest BCUT2D eigenvalue weighted by atomic mass is 10.2. The molecule has 0 bridgehead atoms. The van der Waals surface area contributed by atoms with Crippen LogP contribution in [0.15, 0.2) is 47.1 Å². The zero-order chi connectivity index (χ0) is 13.1. The molecule has 1 heterocycles. The predicted molar refractivity (Wildman–Crippen MR) is 72.0 cm³/mol. The fraction of sp³-hybridized carbons (Fsp3) is 0.0769. The smallest absolute Gasteiger partial charge is 0.363 e. The number of aliphatic imine (C=N–C) groups is 1. The number of cyclic esters (lactones) is 1. The van der Waals surface area contributed by atoms with Crippen molar-refractivity contribution in [2.24, 2.45) is 4.99 Å². The van der Waals surface area contributed by atoms with Gasteiger partial charge in [-0.25, -0.2) is 9.79 Å². The van der Waals surface area contributed by atoms with Crippen LogP contribution in [-0.2, 0) is 9.53 Å². The summed E-state index contributed by atoms with van der Waals surface area (Å²) in [4.78, 5) is 15.6. The number of rotatable bonds is 2. The summed E-state index contributed by atoms with van der Waals surface area (Å²) in [6, 6.07) is 4.89. The maximum absolute atomic E-state index is 11.5. The van der Waals surface area contributed by atoms with Crippen molar-refractivity contribution < 1.29 is 9.53 Å². The maximum Gasteiger partial charge on any atom is 0.363 e. The van der Waals surface area contributed by atoms with Gasteiger partial charge in [0.1, 0.15) is 0 Å². The minimum atomic E-state index is -0.492. The molecule has 0 aromatic heterocycles. The van der Waals surface area contributed by atoms with E-state index in [1.165, 1.54) is 0 Å². The number of hydrogen-bond donors (Lipinski definition) is 0. The Morgan fingerprint density at radius 1 is 1.33 bits per heavy atom. The zero-order valence-corrected chi connectivity index (χ0v) is 11.0. The number of halogens is 2. The van der Waals surface area contributed by atoms with E-state index < -0.39 is 5.97 Å². The van der Waals surface area contributed by atoms with Crippen LogP contribution in [-0.4, -0.2) is 11.9 Å². The number of nitrogens with zero attached hydrogens (tertiary/aromatic N) is 1. The molecule has 0 radical (unpaired) electrons. The van der Waals surface area contributed by atoms with E-state index in [-0.39, 0.29) is 11.6 Å². The van der Waals surface area contributed by atoms with Gasteiger partial charge in [-0.2, -0.15) is 0 Å². The highest BCUT2D eigenvalue weighted by Gasteiger charge is 2.25. The quantitative estimate of drug-likeness (QED) is 0.612. The highest BCUT2D eigenvalue weighted by molar-refractivity contribution is 6.37. The minimum absolute atomic E-state index is 0.192. The van der Waals surface area contributed by atoms with Gasteiger partial charge in [0.2, 0.25) is 5.90 Å². The number of carbonyl (C=O) groups is 1. The van der Waals surface area contributed by atoms with Gasteiger partial charge < -0.3 is 4.74 Å². The van der Waals surface area contributed by atoms with Crippen LogP contribution >= 0.6 is 23.2 Å². The van der Waals surface area contributed by atoms with Gasteiger partial charge in [0.25, 0.3) is 0 Å². The molecule has 0 amide bonds. The first kappa shape index (κ1) is 12.9. The first-order valence-corrected chi connectivity index (χ1v) is 5.96. The number of esters is 1. The average molecular weight is 282 g/mol. The van der Waals surface area contributed by atoms with Gasteiger partial charge in [0, 0.05) is 5.02 Å². The second kappa shape index (κ2) is 5.38. The molecule has 3 nitrogen and oxygen atoms in total. The van der Waals surface area contributed by atoms with Crippen molar-refractivity contribution in [3.63, 3.8) is 0 Å². The molecule has 0 N–H and O–H groups in total. The summed E-state index contributed by atoms with van der Waals surface area (Å²) in [5, 5.41) is 0.902. The van der Waals surface area contributed by atoms with Crippen LogP contribution < -0.4 is 0 Å². The van der Waals surface area contributed by atoms with E-state index in [1.54, 1.807) is 36.4 Å². The molecule has 0 saturated carbocycles. The molecule has 0 saturated heterocycles. The third-order valence-corrected chi connectivity index (χ3v) is 2.78. The van der Waals surface area contributed by atoms with Gasteiger partial charge in [0.15, 0.2) is 5.70 Å². The van der Waals surface area contributed by atoms with Crippen molar-refractivity contribution in [3.05, 3.63) is 57.7 Å². The van der Waals surface area contributed by atoms with Crippen LogP contribution in [0.3, 0.4) is 0 Å². The molecule has 0 atom stereocenters. The van der Waals surface area contributed by atoms with Crippen molar-refractivity contribution in [1.29, 1.82) is 0 Å². The summed E-state index contributed by atoms with van der Waals surface area (Å²) in [6.45, 7) is 1.85. The lowest BCUT2D eigenvalue weighted by Gasteiger charge is -2.02. The Morgan fingerprint density at radius 3 is 2.78 bits per heavy atom. The van der Waals surface area contributed by atoms with Gasteiger partial charge in [-0.15, -0.1) is 0 Å². The van der Waals surface area contributed by atoms with E-state index in [1.807, 2.05) is 6.92 Å². The molecule has 5 heteroatoms. The van der Waals surface area contributed by atoms with Crippen molar-refractivity contribution in [1.82, 2.24) is 0 Å². The Balaban J connectivity index is 2.38. The fourth-order valence-electron chi connectivity index (χ4n) is 1.39. The molecule has 0 fully saturated rings. The van der Waals surface area contributed by atoms with Crippen LogP contribution in [0.2, 0.25) is 10.0 Å². The molecule has 0 spiro atoms. The van der Waals surface area contributed by atoms with Crippen LogP contribution in [0.25, 0.3) is 0 Å². The molecule has 18 heavy (non-hydrogen) atoms. The van der Waals surface area contributed by atoms with E-state index in [0.717, 1.165) is 0 Å². The molecule has 0 aliphatic carbocycles. The first-order chi connectivity index (χ1) is 8.61. The summed E-state index contributed by atoms with van der Waals surface area (Å²) in [5.41, 5.74) is 0.785. The van der Waals surface area contributed by atoms with Gasteiger partial charge in [-0.3, -0.25) is 0 Å². The predicted octanol–water partition coefficient (Wildman–Crippen LogP) is 3.76. The normalized spacial score (nSPS) is 17.4. The molecule has 1 aromatic carbocycles. The van der Waals surface area contributed by atoms with Crippen molar-refractivity contribution in [3.8, 4) is 0 Å². The molecular weight excluding hydrogens is 273 g/mol. The third kappa shape index (κ3) is 2.63. The Hall–Kier alpha value is -1.58. The van der Waals surface area contributed by atoms with Crippen LogP contribution in [0.5, 0.6) is 0 Å². The molecule has 2 rings (SSSR count). The van der Waals surface area contributed by atoms with E-state index in [4.69, 9.17) is 27.9 Å². The fourth-order valence-corrected chi connectivity index (χ4v) is 1.88. The molecule has 1 aliphatic rings. The van der Waals surface area contributed by atoms with Crippen molar-refractivity contribution in [2.45, 2.75) is 6.92 Å². The number of benzene rings is 1. The SMILES string of the molecule is CC=CC=C1N=C(c2ccc(Cl)cc2Cl)OC1=O. The summed E-state index contributed by atoms with van der Waals surface area (Å²) < 4.78 is 5.06. The molecule has 92 valence electrons. The number of hydrogen-bond acceptors (Lipinski definition) is 3. The Morgan fingerprint density at radius 2 is 2.11 bits per heavy atom. The largest absolute Gasteiger partial charge is 0.402 e. The molecule has 1 aromatic rings. The van der Waals surface area contributed by atoms with Gasteiger partial charge in [-0.05, 0) is 31.2 Å². The lowest BCUT2D eigenvalue weighted by molar-refractivity contribution is -0.130. The second-order valence-electron chi connectivity index (χ2n) is 3.51. The Kier molecular flexibility index (Phi) is 3.84. The summed E-state index contributed by atoms with van der Waals surface area (Å²) in [5.74, 6) is -0.300. The molecular formula is C13H9Cl2NO2. The van der Waals surface area contributed by atoms with Crippen molar-refractivity contribution in [2.75, 3.05) is 0 Å². The van der Waals surface area contributed by atoms with Gasteiger partial charge in [-0.1, -0.05) is 35.4 Å². The number of carbonyl (C=O) groups excluding carboxylic acids is 1. The van der Waals surface area contributed by atoms with Crippen LogP contribution in [0.4, 0.5) is 0 Å². The van der Waals surface area contributed by atoms with E-state index in [2.05, 4.69) is 4.99 Å². The summed E-state index contributed by atoms with van der Waals surface area (Å²) in [6.07, 6.45) is 5.09. The monoisotopic (exact) mass is 281 g/mol. The van der Waals surface area contributed by atoms with E-state index in [0.29, 0.717) is 15.6 Å². The number of ether oxygens (including phenoxy) is 1. The summed E-state index contributed by atoms with van der Waals surface area (Å²) >= 11 is 11.8. The Labute approximate surface area is 114 Å². The zero-order valence-electron chi connectivity index (χ0n) is 9.48. The molecule has 1 aliphatic heterocycles. The van der Waals surface area contributed by atoms with Crippen LogP contribution in [0.1, 0.15) is 12.5 Å². The standard InChI is InChI=1S/C13H9Cl2NO2/c1-2-3-4-11-13(17)18-12(16-11)9-6-5-8(14)7-10(9)15/h2-7H,1H3. The first-order valence-electron chi connectivity index (χ1n) is 5.21. The second-order valence-corrected chi connectivity index (χ2v) is 4.35. The third-order valence-electron chi connectivity index (χ3n) is 2.23. The minimum Gasteiger partial charge on any atom is -0.402 e. The number of allylic oxidation sites excluding steroid dienone is 3. The molecule has 0 unspecified atom stereocenters. The van der Waals surface area contributed by atoms with Gasteiger partial charge in [0.05, 0.1) is 10.6 Å². The highest BCUT2D eigenvalue weighted by Crippen LogP contribution is 2.25. The highest BCUT2D eigenvalue weighted by atomic mass is 35.5. The topological polar surface area (TPSA) is 38.7 Å². The van der Waals surface area contributed by atoms with Crippen molar-refractivity contribution >= 4 is 35.1 Å². The Bertz CT molecular complexity index is 589. The maximum atomic E-state index is 11.5. The van der Waals surface area contributed by atoms with Crippen LogP contribution in [0, 0.1) is 0 Å². The van der Waals surface area contributed by atoms with Gasteiger partial charge >= 0.3 is 5.97 Å². The van der Waals surface area contributed by atoms with E-state index in [9.17, 15) is 4.79 Å². The lowest BCUT2D eigenvalue weighted by Crippen LogP contribution is -2.05.